The number of rotatable bonds is 2. The van der Waals surface area contributed by atoms with Crippen molar-refractivity contribution in [3.05, 3.63) is 23.5 Å². The van der Waals surface area contributed by atoms with E-state index in [9.17, 15) is 9.59 Å². The summed E-state index contributed by atoms with van der Waals surface area (Å²) in [6.07, 6.45) is 2.49. The number of hydrogen-bond acceptors (Lipinski definition) is 4. The molecule has 0 atom stereocenters. The molecule has 1 aromatic rings. The zero-order valence-electron chi connectivity index (χ0n) is 10.7. The number of aromatic nitrogens is 2. The van der Waals surface area contributed by atoms with Gasteiger partial charge in [0.25, 0.3) is 0 Å². The molecule has 0 radical (unpaired) electrons. The standard InChI is InChI=1S/C12H16N4O2/c1-8(17)13-11-6-10-12(18)9(7-15(2)3)4-5-16(10)14-11/h6-7H,4-5H2,1-3H3,(H,13,14,17)/b9-7-. The lowest BCUT2D eigenvalue weighted by Gasteiger charge is -2.17. The highest BCUT2D eigenvalue weighted by Gasteiger charge is 2.24. The summed E-state index contributed by atoms with van der Waals surface area (Å²) in [4.78, 5) is 25.0. The topological polar surface area (TPSA) is 67.2 Å². The molecule has 0 saturated carbocycles. The highest BCUT2D eigenvalue weighted by molar-refractivity contribution is 6.08. The van der Waals surface area contributed by atoms with Crippen LogP contribution in [-0.2, 0) is 11.3 Å². The second kappa shape index (κ2) is 4.64. The number of nitrogens with one attached hydrogen (secondary N) is 1. The summed E-state index contributed by atoms with van der Waals surface area (Å²) < 4.78 is 1.64. The lowest BCUT2D eigenvalue weighted by Crippen LogP contribution is -2.21. The van der Waals surface area contributed by atoms with Gasteiger partial charge in [0.2, 0.25) is 11.7 Å². The number of Topliss-reactive ketones (excluding diaryl/α,β-unsaturated/α-hetero) is 1. The number of hydrogen-bond donors (Lipinski definition) is 1. The van der Waals surface area contributed by atoms with Crippen LogP contribution in [0.1, 0.15) is 23.8 Å². The van der Waals surface area contributed by atoms with E-state index in [2.05, 4.69) is 10.4 Å². The van der Waals surface area contributed by atoms with Gasteiger partial charge in [-0.1, -0.05) is 0 Å². The van der Waals surface area contributed by atoms with Crippen LogP contribution in [0.25, 0.3) is 0 Å². The second-order valence-electron chi connectivity index (χ2n) is 4.52. The molecule has 6 heteroatoms. The second-order valence-corrected chi connectivity index (χ2v) is 4.52. The molecular formula is C12H16N4O2. The number of carbonyl (C=O) groups is 2. The van der Waals surface area contributed by atoms with E-state index in [4.69, 9.17) is 0 Å². The molecule has 1 aliphatic rings. The molecule has 0 aliphatic carbocycles. The molecule has 0 saturated heterocycles. The van der Waals surface area contributed by atoms with Crippen molar-refractivity contribution in [2.45, 2.75) is 19.9 Å². The Morgan fingerprint density at radius 3 is 2.89 bits per heavy atom. The number of fused-ring (bicyclic) bond motifs is 1. The summed E-state index contributed by atoms with van der Waals surface area (Å²) >= 11 is 0. The Bertz CT molecular complexity index is 528. The van der Waals surface area contributed by atoms with Crippen LogP contribution >= 0.6 is 0 Å². The van der Waals surface area contributed by atoms with Gasteiger partial charge in [0.15, 0.2) is 5.82 Å². The van der Waals surface area contributed by atoms with Gasteiger partial charge in [-0.3, -0.25) is 14.3 Å². The van der Waals surface area contributed by atoms with E-state index >= 15 is 0 Å². The first-order chi connectivity index (χ1) is 8.47. The molecule has 96 valence electrons. The van der Waals surface area contributed by atoms with E-state index in [1.54, 1.807) is 10.7 Å². The fraction of sp³-hybridized carbons (Fsp3) is 0.417. The zero-order valence-corrected chi connectivity index (χ0v) is 10.7. The minimum atomic E-state index is -0.193. The molecule has 1 aromatic heterocycles. The number of nitrogens with zero attached hydrogens (tertiary/aromatic N) is 3. The molecule has 6 nitrogen and oxygen atoms in total. The first-order valence-electron chi connectivity index (χ1n) is 5.74. The van der Waals surface area contributed by atoms with Gasteiger partial charge >= 0.3 is 0 Å². The maximum absolute atomic E-state index is 12.2. The molecule has 0 aromatic carbocycles. The summed E-state index contributed by atoms with van der Waals surface area (Å²) in [6.45, 7) is 2.07. The van der Waals surface area contributed by atoms with E-state index in [0.717, 1.165) is 5.57 Å². The van der Waals surface area contributed by atoms with Gasteiger partial charge in [0, 0.05) is 45.4 Å². The van der Waals surface area contributed by atoms with Crippen molar-refractivity contribution in [3.8, 4) is 0 Å². The first-order valence-corrected chi connectivity index (χ1v) is 5.74. The van der Waals surface area contributed by atoms with Crippen molar-refractivity contribution in [1.82, 2.24) is 14.7 Å². The maximum atomic E-state index is 12.2. The van der Waals surface area contributed by atoms with Crippen molar-refractivity contribution in [3.63, 3.8) is 0 Å². The van der Waals surface area contributed by atoms with Crippen molar-refractivity contribution >= 4 is 17.5 Å². The molecule has 1 amide bonds. The van der Waals surface area contributed by atoms with Gasteiger partial charge < -0.3 is 10.2 Å². The van der Waals surface area contributed by atoms with Gasteiger partial charge in [-0.05, 0) is 6.42 Å². The van der Waals surface area contributed by atoms with E-state index in [-0.39, 0.29) is 11.7 Å². The van der Waals surface area contributed by atoms with E-state index in [1.165, 1.54) is 6.92 Å². The maximum Gasteiger partial charge on any atom is 0.222 e. The Balaban J connectivity index is 2.29. The summed E-state index contributed by atoms with van der Waals surface area (Å²) in [6, 6.07) is 1.62. The van der Waals surface area contributed by atoms with E-state index < -0.39 is 0 Å². The molecule has 2 rings (SSSR count). The number of allylic oxidation sites excluding steroid dienone is 1. The first kappa shape index (κ1) is 12.3. The van der Waals surface area contributed by atoms with Crippen LogP contribution in [-0.4, -0.2) is 40.5 Å². The SMILES string of the molecule is CC(=O)Nc1cc2n(n1)CC/C(=C/N(C)C)C2=O. The monoisotopic (exact) mass is 248 g/mol. The Hall–Kier alpha value is -2.11. The lowest BCUT2D eigenvalue weighted by molar-refractivity contribution is -0.114. The van der Waals surface area contributed by atoms with Crippen LogP contribution in [0.5, 0.6) is 0 Å². The summed E-state index contributed by atoms with van der Waals surface area (Å²) in [5.74, 6) is 0.206. The number of anilines is 1. The minimum Gasteiger partial charge on any atom is -0.383 e. The number of aryl methyl sites for hydroxylation is 1. The predicted molar refractivity (Wildman–Crippen MR) is 67.2 cm³/mol. The third-order valence-corrected chi connectivity index (χ3v) is 2.62. The van der Waals surface area contributed by atoms with Gasteiger partial charge in [-0.2, -0.15) is 5.10 Å². The molecule has 2 heterocycles. The van der Waals surface area contributed by atoms with Crippen LogP contribution in [0.15, 0.2) is 17.8 Å². The fourth-order valence-electron chi connectivity index (χ4n) is 1.95. The Morgan fingerprint density at radius 2 is 2.28 bits per heavy atom. The van der Waals surface area contributed by atoms with E-state index in [1.807, 2.05) is 25.2 Å². The Morgan fingerprint density at radius 1 is 1.56 bits per heavy atom. The van der Waals surface area contributed by atoms with Crippen LogP contribution in [0.4, 0.5) is 5.82 Å². The van der Waals surface area contributed by atoms with Crippen molar-refractivity contribution in [1.29, 1.82) is 0 Å². The fourth-order valence-corrected chi connectivity index (χ4v) is 1.95. The van der Waals surface area contributed by atoms with E-state index in [0.29, 0.717) is 24.5 Å². The molecule has 0 unspecified atom stereocenters. The predicted octanol–water partition coefficient (Wildman–Crippen LogP) is 0.873. The lowest BCUT2D eigenvalue weighted by atomic mass is 10.0. The number of ketones is 1. The number of amides is 1. The normalized spacial score (nSPS) is 16.6. The summed E-state index contributed by atoms with van der Waals surface area (Å²) in [5, 5.41) is 6.76. The molecule has 0 bridgehead atoms. The quantitative estimate of drug-likeness (QED) is 0.789. The van der Waals surface area contributed by atoms with Crippen LogP contribution in [0.3, 0.4) is 0 Å². The van der Waals surface area contributed by atoms with Crippen LogP contribution in [0, 0.1) is 0 Å². The van der Waals surface area contributed by atoms with Gasteiger partial charge in [-0.25, -0.2) is 0 Å². The number of carbonyl (C=O) groups excluding carboxylic acids is 2. The molecule has 1 aliphatic heterocycles. The summed E-state index contributed by atoms with van der Waals surface area (Å²) in [5.41, 5.74) is 1.29. The highest BCUT2D eigenvalue weighted by atomic mass is 16.1. The molecular weight excluding hydrogens is 232 g/mol. The smallest absolute Gasteiger partial charge is 0.222 e. The van der Waals surface area contributed by atoms with Crippen molar-refractivity contribution < 1.29 is 9.59 Å². The van der Waals surface area contributed by atoms with Crippen LogP contribution < -0.4 is 5.32 Å². The molecule has 0 fully saturated rings. The van der Waals surface area contributed by atoms with Crippen molar-refractivity contribution in [2.75, 3.05) is 19.4 Å². The largest absolute Gasteiger partial charge is 0.383 e. The molecule has 0 spiro atoms. The van der Waals surface area contributed by atoms with Crippen LogP contribution in [0.2, 0.25) is 0 Å². The molecule has 1 N–H and O–H groups in total. The average Bonchev–Trinajstić information content (AvgIpc) is 2.64. The Labute approximate surface area is 105 Å². The average molecular weight is 248 g/mol. The highest BCUT2D eigenvalue weighted by Crippen LogP contribution is 2.22. The Kier molecular flexibility index (Phi) is 3.18. The minimum absolute atomic E-state index is 0.0287. The molecule has 18 heavy (non-hydrogen) atoms. The zero-order chi connectivity index (χ0) is 13.3. The third-order valence-electron chi connectivity index (χ3n) is 2.62. The van der Waals surface area contributed by atoms with Crippen molar-refractivity contribution in [2.24, 2.45) is 0 Å². The third kappa shape index (κ3) is 2.42. The van der Waals surface area contributed by atoms with Gasteiger partial charge in [-0.15, -0.1) is 0 Å². The van der Waals surface area contributed by atoms with Gasteiger partial charge in [0.05, 0.1) is 0 Å². The summed E-state index contributed by atoms with van der Waals surface area (Å²) in [7, 11) is 3.77. The van der Waals surface area contributed by atoms with Gasteiger partial charge in [0.1, 0.15) is 5.69 Å².